The molecule has 0 radical (unpaired) electrons. The van der Waals surface area contributed by atoms with E-state index in [2.05, 4.69) is 4.99 Å². The van der Waals surface area contributed by atoms with Crippen molar-refractivity contribution in [2.45, 2.75) is 18.6 Å². The molecule has 0 heterocycles. The first kappa shape index (κ1) is 12.9. The summed E-state index contributed by atoms with van der Waals surface area (Å²) in [7, 11) is 0. The van der Waals surface area contributed by atoms with Gasteiger partial charge in [0.25, 0.3) is 5.54 Å². The molecule has 0 spiro atoms. The Balaban J connectivity index is 2.66. The van der Waals surface area contributed by atoms with Crippen LogP contribution in [0.1, 0.15) is 6.92 Å². The molecule has 0 unspecified atom stereocenters. The zero-order valence-corrected chi connectivity index (χ0v) is 9.59. The fourth-order valence-electron chi connectivity index (χ4n) is 1.11. The van der Waals surface area contributed by atoms with Crippen LogP contribution in [0.15, 0.2) is 29.3 Å². The minimum Gasteiger partial charge on any atom is -0.390 e. The van der Waals surface area contributed by atoms with Gasteiger partial charge in [-0.3, -0.25) is 15.1 Å². The van der Waals surface area contributed by atoms with Gasteiger partial charge >= 0.3 is 0 Å². The zero-order chi connectivity index (χ0) is 12.2. The number of aliphatic imine (C=N–C) groups is 1. The molecule has 0 aromatic carbocycles. The summed E-state index contributed by atoms with van der Waals surface area (Å²) in [4.78, 5) is 14.4. The summed E-state index contributed by atoms with van der Waals surface area (Å²) in [5.41, 5.74) is -0.562. The Hall–Kier alpha value is -1.20. The van der Waals surface area contributed by atoms with E-state index in [4.69, 9.17) is 11.6 Å². The number of allylic oxidation sites excluding steroid dienone is 2. The van der Waals surface area contributed by atoms with Gasteiger partial charge in [0.2, 0.25) is 0 Å². The van der Waals surface area contributed by atoms with E-state index < -0.39 is 11.6 Å². The van der Waals surface area contributed by atoms with Crippen molar-refractivity contribution < 1.29 is 10.0 Å². The van der Waals surface area contributed by atoms with Gasteiger partial charge in [0.1, 0.15) is 0 Å². The number of hydrogen-bond donors (Lipinski definition) is 1. The van der Waals surface area contributed by atoms with Crippen LogP contribution in [0.4, 0.5) is 0 Å². The van der Waals surface area contributed by atoms with Crippen LogP contribution in [0.5, 0.6) is 0 Å². The Bertz CT molecular complexity index is 347. The number of aliphatic hydroxyl groups excluding tert-OH is 1. The van der Waals surface area contributed by atoms with Gasteiger partial charge < -0.3 is 5.11 Å². The summed E-state index contributed by atoms with van der Waals surface area (Å²) < 4.78 is 0. The van der Waals surface area contributed by atoms with Crippen LogP contribution in [0, 0.1) is 10.1 Å². The molecule has 1 atom stereocenters. The van der Waals surface area contributed by atoms with Crippen molar-refractivity contribution in [3.8, 4) is 0 Å². The monoisotopic (exact) mass is 244 g/mol. The Morgan fingerprint density at radius 2 is 2.19 bits per heavy atom. The lowest BCUT2D eigenvalue weighted by Gasteiger charge is -2.15. The normalized spacial score (nSPS) is 25.6. The topological polar surface area (TPSA) is 75.7 Å². The van der Waals surface area contributed by atoms with Crippen LogP contribution in [0.3, 0.4) is 0 Å². The smallest absolute Gasteiger partial charge is 0.256 e. The van der Waals surface area contributed by atoms with Gasteiger partial charge in [0.05, 0.1) is 24.2 Å². The summed E-state index contributed by atoms with van der Waals surface area (Å²) >= 11 is 5.41. The first-order chi connectivity index (χ1) is 7.48. The number of rotatable bonds is 4. The van der Waals surface area contributed by atoms with E-state index in [9.17, 15) is 15.2 Å². The van der Waals surface area contributed by atoms with E-state index in [0.29, 0.717) is 5.71 Å². The largest absolute Gasteiger partial charge is 0.390 e. The third-order valence-corrected chi connectivity index (χ3v) is 2.60. The molecule has 1 aliphatic carbocycles. The van der Waals surface area contributed by atoms with Crippen molar-refractivity contribution in [1.29, 1.82) is 0 Å². The Labute approximate surface area is 98.3 Å². The molecular weight excluding hydrogens is 232 g/mol. The highest BCUT2D eigenvalue weighted by molar-refractivity contribution is 6.18. The van der Waals surface area contributed by atoms with E-state index in [0.717, 1.165) is 0 Å². The highest BCUT2D eigenvalue weighted by Gasteiger charge is 2.32. The van der Waals surface area contributed by atoms with Gasteiger partial charge in [0, 0.05) is 11.8 Å². The third-order valence-electron chi connectivity index (χ3n) is 2.24. The lowest BCUT2D eigenvalue weighted by atomic mass is 9.96. The molecule has 1 aliphatic rings. The molecule has 0 aromatic rings. The predicted octanol–water partition coefficient (Wildman–Crippen LogP) is 1.19. The van der Waals surface area contributed by atoms with E-state index >= 15 is 0 Å². The molecule has 0 fully saturated rings. The number of halogens is 1. The van der Waals surface area contributed by atoms with Crippen LogP contribution < -0.4 is 0 Å². The average Bonchev–Trinajstić information content (AvgIpc) is 2.27. The summed E-state index contributed by atoms with van der Waals surface area (Å²) in [5, 5.41) is 19.9. The molecule has 0 aliphatic heterocycles. The second-order valence-electron chi connectivity index (χ2n) is 3.72. The number of hydrogen-bond acceptors (Lipinski definition) is 4. The maximum atomic E-state index is 10.7. The van der Waals surface area contributed by atoms with Crippen molar-refractivity contribution >= 4 is 17.3 Å². The van der Waals surface area contributed by atoms with Crippen molar-refractivity contribution in [3.05, 3.63) is 34.4 Å². The minimum atomic E-state index is -1.16. The predicted molar refractivity (Wildman–Crippen MR) is 62.7 cm³/mol. The quantitative estimate of drug-likeness (QED) is 0.459. The highest BCUT2D eigenvalue weighted by Crippen LogP contribution is 2.17. The Morgan fingerprint density at radius 1 is 1.62 bits per heavy atom. The molecule has 16 heavy (non-hydrogen) atoms. The molecule has 1 rings (SSSR count). The van der Waals surface area contributed by atoms with E-state index in [-0.39, 0.29) is 17.3 Å². The standard InChI is InChI=1S/C10H13ClN2O3/c1-10(13(15)16)4-2-8(3-5-10)12-7-9(14)6-11/h2-5,9,14H,6-7H2,1H3/t9-,10?/m1/s1. The number of alkyl halides is 1. The molecule has 1 N–H and O–H groups in total. The zero-order valence-electron chi connectivity index (χ0n) is 8.84. The maximum Gasteiger partial charge on any atom is 0.256 e. The van der Waals surface area contributed by atoms with Gasteiger partial charge in [-0.2, -0.15) is 0 Å². The molecule has 0 bridgehead atoms. The summed E-state index contributed by atoms with van der Waals surface area (Å²) in [6.07, 6.45) is 5.41. The first-order valence-electron chi connectivity index (χ1n) is 4.79. The Morgan fingerprint density at radius 3 is 2.62 bits per heavy atom. The molecule has 0 aromatic heterocycles. The fraction of sp³-hybridized carbons (Fsp3) is 0.500. The van der Waals surface area contributed by atoms with Crippen LogP contribution in [-0.2, 0) is 0 Å². The van der Waals surface area contributed by atoms with Gasteiger partial charge in [-0.15, -0.1) is 11.6 Å². The van der Waals surface area contributed by atoms with Crippen LogP contribution in [0.2, 0.25) is 0 Å². The molecule has 0 amide bonds. The van der Waals surface area contributed by atoms with E-state index in [1.165, 1.54) is 19.1 Å². The fourth-order valence-corrected chi connectivity index (χ4v) is 1.20. The van der Waals surface area contributed by atoms with E-state index in [1.807, 2.05) is 0 Å². The third kappa shape index (κ3) is 3.15. The highest BCUT2D eigenvalue weighted by atomic mass is 35.5. The van der Waals surface area contributed by atoms with Gasteiger partial charge in [-0.1, -0.05) is 0 Å². The average molecular weight is 245 g/mol. The summed E-state index contributed by atoms with van der Waals surface area (Å²) in [6, 6.07) is 0. The van der Waals surface area contributed by atoms with Gasteiger partial charge in [0.15, 0.2) is 0 Å². The van der Waals surface area contributed by atoms with Crippen molar-refractivity contribution in [1.82, 2.24) is 0 Å². The minimum absolute atomic E-state index is 0.122. The molecule has 0 saturated heterocycles. The second kappa shape index (κ2) is 5.23. The first-order valence-corrected chi connectivity index (χ1v) is 5.33. The lowest BCUT2D eigenvalue weighted by molar-refractivity contribution is -0.535. The number of nitrogens with zero attached hydrogens (tertiary/aromatic N) is 2. The molecule has 88 valence electrons. The van der Waals surface area contributed by atoms with Crippen LogP contribution >= 0.6 is 11.6 Å². The van der Waals surface area contributed by atoms with Crippen molar-refractivity contribution in [2.75, 3.05) is 12.4 Å². The van der Waals surface area contributed by atoms with Gasteiger partial charge in [-0.25, -0.2) is 0 Å². The number of nitro groups is 1. The van der Waals surface area contributed by atoms with Crippen molar-refractivity contribution in [2.24, 2.45) is 4.99 Å². The molecule has 0 saturated carbocycles. The second-order valence-corrected chi connectivity index (χ2v) is 4.03. The summed E-state index contributed by atoms with van der Waals surface area (Å²) in [6.45, 7) is 1.70. The molecule has 5 nitrogen and oxygen atoms in total. The van der Waals surface area contributed by atoms with Crippen LogP contribution in [0.25, 0.3) is 0 Å². The summed E-state index contributed by atoms with van der Waals surface area (Å²) in [5.74, 6) is 0.122. The van der Waals surface area contributed by atoms with E-state index in [1.54, 1.807) is 12.2 Å². The van der Waals surface area contributed by atoms with Crippen LogP contribution in [-0.4, -0.2) is 39.8 Å². The Kier molecular flexibility index (Phi) is 4.20. The lowest BCUT2D eigenvalue weighted by Crippen LogP contribution is -2.31. The van der Waals surface area contributed by atoms with Gasteiger partial charge in [-0.05, 0) is 24.3 Å². The SMILES string of the molecule is CC1([N+](=O)[O-])C=CC(=NC[C@H](O)CCl)C=C1. The maximum absolute atomic E-state index is 10.7. The molecular formula is C10H13ClN2O3. The van der Waals surface area contributed by atoms with Crippen molar-refractivity contribution in [3.63, 3.8) is 0 Å². The molecule has 6 heteroatoms. The number of aliphatic hydroxyl groups is 1.